The van der Waals surface area contributed by atoms with Gasteiger partial charge in [-0.25, -0.2) is 4.98 Å². The molecule has 1 atom stereocenters. The van der Waals surface area contributed by atoms with E-state index in [9.17, 15) is 9.59 Å². The number of carbonyl (C=O) groups excluding carboxylic acids is 1. The van der Waals surface area contributed by atoms with E-state index in [2.05, 4.69) is 15.3 Å². The second-order valence-electron chi connectivity index (χ2n) is 7.21. The molecule has 1 unspecified atom stereocenters. The van der Waals surface area contributed by atoms with Crippen LogP contribution < -0.4 is 10.9 Å². The van der Waals surface area contributed by atoms with Gasteiger partial charge in [0.05, 0.1) is 11.6 Å². The topological polar surface area (TPSA) is 76.9 Å². The van der Waals surface area contributed by atoms with E-state index >= 15 is 0 Å². The van der Waals surface area contributed by atoms with Crippen molar-refractivity contribution in [1.82, 2.24) is 19.9 Å². The molecule has 0 radical (unpaired) electrons. The van der Waals surface area contributed by atoms with E-state index < -0.39 is 0 Å². The van der Waals surface area contributed by atoms with Gasteiger partial charge in [-0.15, -0.1) is 0 Å². The molecule has 1 aliphatic rings. The molecule has 0 bridgehead atoms. The summed E-state index contributed by atoms with van der Waals surface area (Å²) in [6.45, 7) is 6.92. The standard InChI is InChI=1S/C18H22N4O2S/c1-18(2,3)14-7-15(23)22-10-13(11-25-17(22)21-14)16(24)20-9-12-5-4-6-19-8-12/h4-8,13H,9-11H2,1-3H3,(H,20,24). The smallest absolute Gasteiger partial charge is 0.254 e. The van der Waals surface area contributed by atoms with Gasteiger partial charge in [-0.1, -0.05) is 38.6 Å². The molecular formula is C18H22N4O2S. The summed E-state index contributed by atoms with van der Waals surface area (Å²) in [6, 6.07) is 5.34. The second kappa shape index (κ2) is 7.00. The number of rotatable bonds is 3. The Balaban J connectivity index is 1.71. The molecule has 1 N–H and O–H groups in total. The van der Waals surface area contributed by atoms with Gasteiger partial charge in [0.15, 0.2) is 5.16 Å². The number of aromatic nitrogens is 3. The Kier molecular flexibility index (Phi) is 4.94. The largest absolute Gasteiger partial charge is 0.352 e. The molecule has 0 spiro atoms. The van der Waals surface area contributed by atoms with Crippen LogP contribution in [0.5, 0.6) is 0 Å². The number of hydrogen-bond donors (Lipinski definition) is 1. The third-order valence-electron chi connectivity index (χ3n) is 4.12. The molecule has 3 rings (SSSR count). The van der Waals surface area contributed by atoms with Crippen LogP contribution in [-0.4, -0.2) is 26.2 Å². The lowest BCUT2D eigenvalue weighted by Gasteiger charge is -2.26. The van der Waals surface area contributed by atoms with Gasteiger partial charge in [-0.3, -0.25) is 19.1 Å². The van der Waals surface area contributed by atoms with Crippen LogP contribution in [0.4, 0.5) is 0 Å². The lowest BCUT2D eigenvalue weighted by atomic mass is 9.92. The molecule has 132 valence electrons. The first-order chi connectivity index (χ1) is 11.8. The maximum atomic E-state index is 12.4. The van der Waals surface area contributed by atoms with Crippen LogP contribution in [0.2, 0.25) is 0 Å². The fourth-order valence-corrected chi connectivity index (χ4v) is 3.68. The molecule has 0 saturated heterocycles. The second-order valence-corrected chi connectivity index (χ2v) is 8.20. The van der Waals surface area contributed by atoms with E-state index in [1.165, 1.54) is 11.8 Å². The predicted octanol–water partition coefficient (Wildman–Crippen LogP) is 1.97. The minimum atomic E-state index is -0.242. The summed E-state index contributed by atoms with van der Waals surface area (Å²) in [6.07, 6.45) is 3.43. The van der Waals surface area contributed by atoms with E-state index in [1.807, 2.05) is 32.9 Å². The van der Waals surface area contributed by atoms with Crippen molar-refractivity contribution in [2.75, 3.05) is 5.75 Å². The van der Waals surface area contributed by atoms with Gasteiger partial charge in [0, 0.05) is 42.7 Å². The van der Waals surface area contributed by atoms with Crippen molar-refractivity contribution >= 4 is 17.7 Å². The molecule has 25 heavy (non-hydrogen) atoms. The van der Waals surface area contributed by atoms with Crippen molar-refractivity contribution in [3.05, 3.63) is 52.2 Å². The molecule has 6 nitrogen and oxygen atoms in total. The summed E-state index contributed by atoms with van der Waals surface area (Å²) in [5.74, 6) is 0.335. The molecule has 0 fully saturated rings. The Bertz CT molecular complexity index is 827. The number of thioether (sulfide) groups is 1. The Morgan fingerprint density at radius 2 is 2.24 bits per heavy atom. The fourth-order valence-electron chi connectivity index (χ4n) is 2.59. The van der Waals surface area contributed by atoms with Gasteiger partial charge in [0.2, 0.25) is 5.91 Å². The highest BCUT2D eigenvalue weighted by molar-refractivity contribution is 7.99. The van der Waals surface area contributed by atoms with Gasteiger partial charge in [-0.05, 0) is 11.6 Å². The maximum absolute atomic E-state index is 12.4. The van der Waals surface area contributed by atoms with E-state index in [0.29, 0.717) is 24.0 Å². The first-order valence-corrected chi connectivity index (χ1v) is 9.25. The minimum absolute atomic E-state index is 0.0474. The summed E-state index contributed by atoms with van der Waals surface area (Å²) >= 11 is 1.47. The summed E-state index contributed by atoms with van der Waals surface area (Å²) < 4.78 is 1.61. The molecule has 0 aliphatic carbocycles. The lowest BCUT2D eigenvalue weighted by molar-refractivity contribution is -0.125. The van der Waals surface area contributed by atoms with Crippen LogP contribution in [0, 0.1) is 5.92 Å². The third-order valence-corrected chi connectivity index (χ3v) is 5.26. The summed E-state index contributed by atoms with van der Waals surface area (Å²) in [7, 11) is 0. The van der Waals surface area contributed by atoms with Crippen molar-refractivity contribution < 1.29 is 4.79 Å². The molecule has 3 heterocycles. The first kappa shape index (κ1) is 17.7. The average Bonchev–Trinajstić information content (AvgIpc) is 2.59. The number of carbonyl (C=O) groups is 1. The Hall–Kier alpha value is -2.15. The quantitative estimate of drug-likeness (QED) is 0.849. The van der Waals surface area contributed by atoms with Crippen LogP contribution >= 0.6 is 11.8 Å². The molecule has 2 aromatic rings. The molecule has 0 aromatic carbocycles. The molecule has 2 aromatic heterocycles. The molecule has 7 heteroatoms. The zero-order valence-corrected chi connectivity index (χ0v) is 15.5. The van der Waals surface area contributed by atoms with Gasteiger partial charge in [-0.2, -0.15) is 0 Å². The SMILES string of the molecule is CC(C)(C)c1cc(=O)n2c(n1)SCC(C(=O)NCc1cccnc1)C2. The first-order valence-electron chi connectivity index (χ1n) is 8.26. The molecule has 0 saturated carbocycles. The zero-order valence-electron chi connectivity index (χ0n) is 14.7. The van der Waals surface area contributed by atoms with E-state index in [4.69, 9.17) is 0 Å². The number of fused-ring (bicyclic) bond motifs is 1. The normalized spacial score (nSPS) is 17.0. The van der Waals surface area contributed by atoms with Gasteiger partial charge >= 0.3 is 0 Å². The highest BCUT2D eigenvalue weighted by Crippen LogP contribution is 2.28. The Labute approximate surface area is 151 Å². The zero-order chi connectivity index (χ0) is 18.0. The number of nitrogens with zero attached hydrogens (tertiary/aromatic N) is 3. The molecular weight excluding hydrogens is 336 g/mol. The summed E-state index contributed by atoms with van der Waals surface area (Å²) in [4.78, 5) is 33.5. The number of nitrogens with one attached hydrogen (secondary N) is 1. The van der Waals surface area contributed by atoms with Crippen molar-refractivity contribution in [2.24, 2.45) is 5.92 Å². The van der Waals surface area contributed by atoms with Crippen molar-refractivity contribution in [3.63, 3.8) is 0 Å². The summed E-state index contributed by atoms with van der Waals surface area (Å²) in [5, 5.41) is 3.63. The van der Waals surface area contributed by atoms with Crippen molar-refractivity contribution in [2.45, 2.75) is 44.4 Å². The fraction of sp³-hybridized carbons (Fsp3) is 0.444. The number of hydrogen-bond acceptors (Lipinski definition) is 5. The Morgan fingerprint density at radius 3 is 2.92 bits per heavy atom. The number of pyridine rings is 1. The average molecular weight is 358 g/mol. The van der Waals surface area contributed by atoms with Crippen LogP contribution in [0.3, 0.4) is 0 Å². The van der Waals surface area contributed by atoms with Gasteiger partial charge < -0.3 is 5.32 Å². The van der Waals surface area contributed by atoms with Crippen molar-refractivity contribution in [3.8, 4) is 0 Å². The third kappa shape index (κ3) is 4.10. The molecule has 1 aliphatic heterocycles. The monoisotopic (exact) mass is 358 g/mol. The van der Waals surface area contributed by atoms with Crippen LogP contribution in [0.25, 0.3) is 0 Å². The van der Waals surface area contributed by atoms with Gasteiger partial charge in [0.25, 0.3) is 5.56 Å². The van der Waals surface area contributed by atoms with Crippen LogP contribution in [-0.2, 0) is 23.3 Å². The Morgan fingerprint density at radius 1 is 1.44 bits per heavy atom. The van der Waals surface area contributed by atoms with E-state index in [1.54, 1.807) is 23.0 Å². The van der Waals surface area contributed by atoms with E-state index in [0.717, 1.165) is 11.3 Å². The highest BCUT2D eigenvalue weighted by atomic mass is 32.2. The van der Waals surface area contributed by atoms with Crippen LogP contribution in [0.1, 0.15) is 32.0 Å². The minimum Gasteiger partial charge on any atom is -0.352 e. The lowest BCUT2D eigenvalue weighted by Crippen LogP contribution is -2.40. The van der Waals surface area contributed by atoms with Crippen molar-refractivity contribution in [1.29, 1.82) is 0 Å². The number of amides is 1. The van der Waals surface area contributed by atoms with Gasteiger partial charge in [0.1, 0.15) is 0 Å². The predicted molar refractivity (Wildman–Crippen MR) is 97.5 cm³/mol. The maximum Gasteiger partial charge on any atom is 0.254 e. The van der Waals surface area contributed by atoms with Crippen LogP contribution in [0.15, 0.2) is 40.5 Å². The highest BCUT2D eigenvalue weighted by Gasteiger charge is 2.28. The van der Waals surface area contributed by atoms with E-state index in [-0.39, 0.29) is 22.8 Å². The molecule has 1 amide bonds. The summed E-state index contributed by atoms with van der Waals surface area (Å²) in [5.41, 5.74) is 1.48.